The topological polar surface area (TPSA) is 67.7 Å². The molecule has 1 aromatic carbocycles. The number of benzene rings is 1. The Hall–Kier alpha value is -1.81. The van der Waals surface area contributed by atoms with Crippen molar-refractivity contribution in [3.05, 3.63) is 47.0 Å². The summed E-state index contributed by atoms with van der Waals surface area (Å²) in [5.41, 5.74) is 6.89. The summed E-state index contributed by atoms with van der Waals surface area (Å²) in [6.07, 6.45) is 4.44. The van der Waals surface area contributed by atoms with E-state index in [9.17, 15) is 0 Å². The largest absolute Gasteiger partial charge is 0.384 e. The van der Waals surface area contributed by atoms with Crippen LogP contribution in [0.3, 0.4) is 0 Å². The minimum atomic E-state index is 0.0137. The molecule has 0 amide bonds. The number of hydrogen-bond acceptors (Lipinski definition) is 2. The van der Waals surface area contributed by atoms with E-state index in [1.165, 1.54) is 0 Å². The molecule has 2 aromatic rings. The zero-order valence-electron chi connectivity index (χ0n) is 9.44. The van der Waals surface area contributed by atoms with Gasteiger partial charge in [0.25, 0.3) is 0 Å². The van der Waals surface area contributed by atoms with Gasteiger partial charge in [0.05, 0.1) is 10.7 Å². The molecule has 5 heteroatoms. The van der Waals surface area contributed by atoms with E-state index in [1.807, 2.05) is 23.8 Å². The van der Waals surface area contributed by atoms with Crippen LogP contribution in [0.1, 0.15) is 18.3 Å². The number of hydrogen-bond donors (Lipinski definition) is 2. The van der Waals surface area contributed by atoms with Gasteiger partial charge in [0.15, 0.2) is 0 Å². The monoisotopic (exact) mass is 248 g/mol. The second-order valence-corrected chi connectivity index (χ2v) is 4.05. The van der Waals surface area contributed by atoms with E-state index in [0.717, 1.165) is 17.9 Å². The minimum Gasteiger partial charge on any atom is -0.384 e. The van der Waals surface area contributed by atoms with Gasteiger partial charge in [0.1, 0.15) is 11.7 Å². The Morgan fingerprint density at radius 1 is 1.53 bits per heavy atom. The first-order valence-electron chi connectivity index (χ1n) is 5.30. The fourth-order valence-corrected chi connectivity index (χ4v) is 1.96. The Kier molecular flexibility index (Phi) is 3.15. The van der Waals surface area contributed by atoms with Crippen molar-refractivity contribution < 1.29 is 0 Å². The number of rotatable bonds is 3. The van der Waals surface area contributed by atoms with Gasteiger partial charge in [-0.2, -0.15) is 0 Å². The number of aryl methyl sites for hydroxylation is 1. The number of imidazole rings is 1. The number of nitrogens with two attached hydrogens (primary N) is 1. The molecule has 1 aromatic heterocycles. The van der Waals surface area contributed by atoms with Crippen LogP contribution < -0.4 is 5.73 Å². The molecule has 4 nitrogen and oxygen atoms in total. The van der Waals surface area contributed by atoms with Crippen molar-refractivity contribution in [2.24, 2.45) is 5.73 Å². The van der Waals surface area contributed by atoms with Gasteiger partial charge in [-0.1, -0.05) is 18.5 Å². The first-order valence-corrected chi connectivity index (χ1v) is 5.67. The van der Waals surface area contributed by atoms with Crippen LogP contribution in [0.25, 0.3) is 5.69 Å². The molecule has 0 radical (unpaired) electrons. The lowest BCUT2D eigenvalue weighted by atomic mass is 10.2. The molecule has 0 saturated carbocycles. The molecule has 0 fully saturated rings. The zero-order valence-corrected chi connectivity index (χ0v) is 10.2. The second-order valence-electron chi connectivity index (χ2n) is 3.65. The van der Waals surface area contributed by atoms with E-state index in [-0.39, 0.29) is 5.84 Å². The van der Waals surface area contributed by atoms with Gasteiger partial charge in [0.2, 0.25) is 0 Å². The number of nitrogens with one attached hydrogen (secondary N) is 1. The highest BCUT2D eigenvalue weighted by molar-refractivity contribution is 6.32. The van der Waals surface area contributed by atoms with E-state index in [2.05, 4.69) is 4.98 Å². The van der Waals surface area contributed by atoms with Crippen molar-refractivity contribution in [1.82, 2.24) is 9.55 Å². The summed E-state index contributed by atoms with van der Waals surface area (Å²) in [5.74, 6) is 0.960. The van der Waals surface area contributed by atoms with Crippen molar-refractivity contribution in [1.29, 1.82) is 5.41 Å². The molecule has 0 aliphatic heterocycles. The third-order valence-electron chi connectivity index (χ3n) is 2.55. The zero-order chi connectivity index (χ0) is 12.4. The third-order valence-corrected chi connectivity index (χ3v) is 2.85. The van der Waals surface area contributed by atoms with Gasteiger partial charge in [-0.3, -0.25) is 5.41 Å². The Labute approximate surface area is 105 Å². The number of halogens is 1. The fraction of sp³-hybridized carbons (Fsp3) is 0.167. The van der Waals surface area contributed by atoms with E-state index >= 15 is 0 Å². The number of amidine groups is 1. The molecular formula is C12H13ClN4. The molecular weight excluding hydrogens is 236 g/mol. The highest BCUT2D eigenvalue weighted by Crippen LogP contribution is 2.23. The van der Waals surface area contributed by atoms with Crippen LogP contribution in [0, 0.1) is 5.41 Å². The lowest BCUT2D eigenvalue weighted by Crippen LogP contribution is -2.11. The number of nitrogen functional groups attached to an aromatic ring is 1. The maximum Gasteiger partial charge on any atom is 0.122 e. The van der Waals surface area contributed by atoms with Gasteiger partial charge in [0, 0.05) is 24.4 Å². The maximum atomic E-state index is 7.36. The van der Waals surface area contributed by atoms with Crippen LogP contribution in [-0.2, 0) is 6.42 Å². The smallest absolute Gasteiger partial charge is 0.122 e. The van der Waals surface area contributed by atoms with E-state index in [4.69, 9.17) is 22.7 Å². The lowest BCUT2D eigenvalue weighted by Gasteiger charge is -2.09. The van der Waals surface area contributed by atoms with Crippen LogP contribution in [0.15, 0.2) is 30.6 Å². The van der Waals surface area contributed by atoms with Gasteiger partial charge >= 0.3 is 0 Å². The molecule has 1 heterocycles. The molecule has 88 valence electrons. The molecule has 0 aliphatic carbocycles. The third kappa shape index (κ3) is 2.17. The molecule has 0 aliphatic rings. The maximum absolute atomic E-state index is 7.36. The SMILES string of the molecule is CCc1nccn1-c1ccc(C(=N)N)cc1Cl. The summed E-state index contributed by atoms with van der Waals surface area (Å²) in [7, 11) is 0. The van der Waals surface area contributed by atoms with Crippen molar-refractivity contribution in [3.8, 4) is 5.69 Å². The highest BCUT2D eigenvalue weighted by Gasteiger charge is 2.08. The molecule has 17 heavy (non-hydrogen) atoms. The standard InChI is InChI=1S/C12H13ClN4/c1-2-11-16-5-6-17(11)10-4-3-8(12(14)15)7-9(10)13/h3-7H,2H2,1H3,(H3,14,15). The quantitative estimate of drug-likeness (QED) is 0.647. The fourth-order valence-electron chi connectivity index (χ4n) is 1.69. The van der Waals surface area contributed by atoms with Gasteiger partial charge < -0.3 is 10.3 Å². The summed E-state index contributed by atoms with van der Waals surface area (Å²) in [6.45, 7) is 2.04. The minimum absolute atomic E-state index is 0.0137. The Morgan fingerprint density at radius 3 is 2.88 bits per heavy atom. The molecule has 0 bridgehead atoms. The first kappa shape index (κ1) is 11.7. The summed E-state index contributed by atoms with van der Waals surface area (Å²) in [5, 5.41) is 7.92. The normalized spacial score (nSPS) is 10.5. The van der Waals surface area contributed by atoms with E-state index < -0.39 is 0 Å². The number of nitrogens with zero attached hydrogens (tertiary/aromatic N) is 2. The van der Waals surface area contributed by atoms with Crippen LogP contribution in [0.5, 0.6) is 0 Å². The lowest BCUT2D eigenvalue weighted by molar-refractivity contribution is 0.891. The van der Waals surface area contributed by atoms with Crippen LogP contribution in [-0.4, -0.2) is 15.4 Å². The van der Waals surface area contributed by atoms with Gasteiger partial charge in [-0.15, -0.1) is 0 Å². The molecule has 2 rings (SSSR count). The summed E-state index contributed by atoms with van der Waals surface area (Å²) < 4.78 is 1.94. The van der Waals surface area contributed by atoms with E-state index in [1.54, 1.807) is 18.3 Å². The summed E-state index contributed by atoms with van der Waals surface area (Å²) in [4.78, 5) is 4.25. The average Bonchev–Trinajstić information content (AvgIpc) is 2.76. The second kappa shape index (κ2) is 4.59. The van der Waals surface area contributed by atoms with E-state index in [0.29, 0.717) is 10.6 Å². The molecule has 0 saturated heterocycles. The van der Waals surface area contributed by atoms with Crippen molar-refractivity contribution in [2.75, 3.05) is 0 Å². The molecule has 0 atom stereocenters. The molecule has 0 unspecified atom stereocenters. The van der Waals surface area contributed by atoms with Gasteiger partial charge in [-0.05, 0) is 18.2 Å². The predicted molar refractivity (Wildman–Crippen MR) is 69.0 cm³/mol. The molecule has 3 N–H and O–H groups in total. The average molecular weight is 249 g/mol. The first-order chi connectivity index (χ1) is 8.13. The Bertz CT molecular complexity index is 559. The highest BCUT2D eigenvalue weighted by atomic mass is 35.5. The van der Waals surface area contributed by atoms with Crippen molar-refractivity contribution in [3.63, 3.8) is 0 Å². The predicted octanol–water partition coefficient (Wildman–Crippen LogP) is 2.37. The summed E-state index contributed by atoms with van der Waals surface area (Å²) in [6, 6.07) is 5.32. The van der Waals surface area contributed by atoms with Crippen LogP contribution in [0.2, 0.25) is 5.02 Å². The number of aromatic nitrogens is 2. The molecule has 0 spiro atoms. The Morgan fingerprint density at radius 2 is 2.29 bits per heavy atom. The summed E-state index contributed by atoms with van der Waals surface area (Å²) >= 11 is 6.19. The van der Waals surface area contributed by atoms with Gasteiger partial charge in [-0.25, -0.2) is 4.98 Å². The van der Waals surface area contributed by atoms with Crippen molar-refractivity contribution in [2.45, 2.75) is 13.3 Å². The van der Waals surface area contributed by atoms with Crippen LogP contribution >= 0.6 is 11.6 Å². The van der Waals surface area contributed by atoms with Crippen LogP contribution in [0.4, 0.5) is 0 Å². The Balaban J connectivity index is 2.50. The van der Waals surface area contributed by atoms with Crippen molar-refractivity contribution >= 4 is 17.4 Å².